The van der Waals surface area contributed by atoms with Crippen molar-refractivity contribution in [2.45, 2.75) is 37.5 Å². The summed E-state index contributed by atoms with van der Waals surface area (Å²) in [6.45, 7) is 9.01. The molecule has 1 heterocycles. The molecule has 0 aliphatic carbocycles. The second-order valence-electron chi connectivity index (χ2n) is 4.03. The maximum atomic E-state index is 4.31. The molecular formula is C11H17NS. The van der Waals surface area contributed by atoms with Crippen LogP contribution in [0.4, 0.5) is 0 Å². The van der Waals surface area contributed by atoms with Crippen molar-refractivity contribution in [1.82, 2.24) is 4.98 Å². The lowest BCUT2D eigenvalue weighted by Gasteiger charge is -2.27. The van der Waals surface area contributed by atoms with E-state index in [4.69, 9.17) is 0 Å². The van der Waals surface area contributed by atoms with Gasteiger partial charge in [-0.25, -0.2) is 4.98 Å². The van der Waals surface area contributed by atoms with Crippen LogP contribution < -0.4 is 0 Å². The Balaban J connectivity index is 2.69. The van der Waals surface area contributed by atoms with E-state index in [0.29, 0.717) is 5.92 Å². The first kappa shape index (κ1) is 10.6. The Kier molecular flexibility index (Phi) is 3.37. The van der Waals surface area contributed by atoms with E-state index in [1.54, 1.807) is 0 Å². The summed E-state index contributed by atoms with van der Waals surface area (Å²) in [4.78, 5) is 4.31. The maximum absolute atomic E-state index is 4.31. The van der Waals surface area contributed by atoms with Gasteiger partial charge in [0.25, 0.3) is 0 Å². The van der Waals surface area contributed by atoms with Crippen LogP contribution in [-0.2, 0) is 0 Å². The van der Waals surface area contributed by atoms with Crippen LogP contribution >= 0.6 is 11.8 Å². The Morgan fingerprint density at radius 3 is 2.46 bits per heavy atom. The van der Waals surface area contributed by atoms with Crippen LogP contribution in [0.2, 0.25) is 0 Å². The summed E-state index contributed by atoms with van der Waals surface area (Å²) in [5.74, 6) is 0.652. The van der Waals surface area contributed by atoms with Gasteiger partial charge >= 0.3 is 0 Å². The second-order valence-corrected chi connectivity index (χ2v) is 5.70. The molecule has 1 nitrogen and oxygen atoms in total. The number of thioether (sulfide) groups is 1. The third kappa shape index (κ3) is 3.03. The largest absolute Gasteiger partial charge is 0.250 e. The van der Waals surface area contributed by atoms with Gasteiger partial charge in [0.2, 0.25) is 0 Å². The Hall–Kier alpha value is -0.500. The predicted octanol–water partition coefficient (Wildman–Crippen LogP) is 3.61. The number of aromatic nitrogens is 1. The van der Waals surface area contributed by atoms with Crippen LogP contribution in [0.25, 0.3) is 0 Å². The van der Waals surface area contributed by atoms with Gasteiger partial charge in [-0.05, 0) is 18.1 Å². The summed E-state index contributed by atoms with van der Waals surface area (Å²) >= 11 is 1.84. The van der Waals surface area contributed by atoms with Gasteiger partial charge in [0.05, 0.1) is 5.03 Å². The van der Waals surface area contributed by atoms with E-state index in [0.717, 1.165) is 5.03 Å². The third-order valence-electron chi connectivity index (χ3n) is 2.40. The molecule has 0 N–H and O–H groups in total. The van der Waals surface area contributed by atoms with Gasteiger partial charge in [0.1, 0.15) is 0 Å². The number of hydrogen-bond acceptors (Lipinski definition) is 2. The molecule has 0 atom stereocenters. The monoisotopic (exact) mass is 195 g/mol. The van der Waals surface area contributed by atoms with Crippen LogP contribution in [0.5, 0.6) is 0 Å². The highest BCUT2D eigenvalue weighted by molar-refractivity contribution is 8.00. The molecule has 0 spiro atoms. The summed E-state index contributed by atoms with van der Waals surface area (Å²) in [6.07, 6.45) is 1.85. The summed E-state index contributed by atoms with van der Waals surface area (Å²) < 4.78 is 0.258. The first-order valence-corrected chi connectivity index (χ1v) is 5.44. The minimum atomic E-state index is 0.258. The van der Waals surface area contributed by atoms with E-state index >= 15 is 0 Å². The molecule has 0 bridgehead atoms. The lowest BCUT2D eigenvalue weighted by molar-refractivity contribution is 0.503. The lowest BCUT2D eigenvalue weighted by atomic mass is 10.00. The molecule has 0 aliphatic heterocycles. The lowest BCUT2D eigenvalue weighted by Crippen LogP contribution is -2.22. The zero-order chi connectivity index (χ0) is 9.90. The first-order valence-electron chi connectivity index (χ1n) is 4.62. The third-order valence-corrected chi connectivity index (χ3v) is 3.84. The number of rotatable bonds is 3. The molecule has 0 radical (unpaired) electrons. The molecule has 0 saturated heterocycles. The number of nitrogens with zero attached hydrogens (tertiary/aromatic N) is 1. The van der Waals surface area contributed by atoms with Gasteiger partial charge in [0.15, 0.2) is 0 Å². The number of pyridine rings is 1. The maximum Gasteiger partial charge on any atom is 0.0965 e. The topological polar surface area (TPSA) is 12.9 Å². The molecule has 1 aromatic heterocycles. The van der Waals surface area contributed by atoms with E-state index < -0.39 is 0 Å². The van der Waals surface area contributed by atoms with Crippen molar-refractivity contribution in [1.29, 1.82) is 0 Å². The van der Waals surface area contributed by atoms with Gasteiger partial charge in [-0.3, -0.25) is 0 Å². The smallest absolute Gasteiger partial charge is 0.0965 e. The van der Waals surface area contributed by atoms with Gasteiger partial charge in [0, 0.05) is 10.9 Å². The molecule has 0 saturated carbocycles. The Morgan fingerprint density at radius 1 is 1.31 bits per heavy atom. The molecule has 0 aromatic carbocycles. The zero-order valence-electron chi connectivity index (χ0n) is 8.74. The van der Waals surface area contributed by atoms with Gasteiger partial charge in [-0.1, -0.05) is 45.5 Å². The minimum absolute atomic E-state index is 0.258. The average Bonchev–Trinajstić information content (AvgIpc) is 2.05. The minimum Gasteiger partial charge on any atom is -0.250 e. The van der Waals surface area contributed by atoms with E-state index in [9.17, 15) is 0 Å². The average molecular weight is 195 g/mol. The molecule has 0 aliphatic rings. The van der Waals surface area contributed by atoms with E-state index in [-0.39, 0.29) is 4.75 Å². The van der Waals surface area contributed by atoms with Crippen LogP contribution in [0.15, 0.2) is 29.4 Å². The SMILES string of the molecule is CC(C)C(C)(C)Sc1ccccn1. The second kappa shape index (κ2) is 4.14. The molecule has 1 aromatic rings. The van der Waals surface area contributed by atoms with Crippen molar-refractivity contribution in [3.05, 3.63) is 24.4 Å². The normalized spacial score (nSPS) is 12.1. The molecule has 0 unspecified atom stereocenters. The van der Waals surface area contributed by atoms with Crippen LogP contribution in [-0.4, -0.2) is 9.73 Å². The summed E-state index contributed by atoms with van der Waals surface area (Å²) in [5.41, 5.74) is 0. The Labute approximate surface area is 85.0 Å². The molecule has 2 heteroatoms. The van der Waals surface area contributed by atoms with Crippen LogP contribution in [0.1, 0.15) is 27.7 Å². The first-order chi connectivity index (χ1) is 6.02. The molecule has 0 fully saturated rings. The van der Waals surface area contributed by atoms with E-state index in [1.165, 1.54) is 0 Å². The van der Waals surface area contributed by atoms with Crippen molar-refractivity contribution in [2.24, 2.45) is 5.92 Å². The van der Waals surface area contributed by atoms with Gasteiger partial charge < -0.3 is 0 Å². The fourth-order valence-electron chi connectivity index (χ4n) is 0.795. The highest BCUT2D eigenvalue weighted by atomic mass is 32.2. The van der Waals surface area contributed by atoms with Crippen molar-refractivity contribution in [2.75, 3.05) is 0 Å². The summed E-state index contributed by atoms with van der Waals surface area (Å²) in [7, 11) is 0. The fourth-order valence-corrected chi connectivity index (χ4v) is 1.83. The van der Waals surface area contributed by atoms with Crippen molar-refractivity contribution < 1.29 is 0 Å². The molecule has 0 amide bonds. The molecular weight excluding hydrogens is 178 g/mol. The quantitative estimate of drug-likeness (QED) is 0.683. The van der Waals surface area contributed by atoms with E-state index in [2.05, 4.69) is 38.7 Å². The highest BCUT2D eigenvalue weighted by Gasteiger charge is 2.23. The summed E-state index contributed by atoms with van der Waals surface area (Å²) in [6, 6.07) is 6.05. The standard InChI is InChI=1S/C11H17NS/c1-9(2)11(3,4)13-10-7-5-6-8-12-10/h5-9H,1-4H3. The highest BCUT2D eigenvalue weighted by Crippen LogP contribution is 2.36. The van der Waals surface area contributed by atoms with Crippen molar-refractivity contribution in [3.63, 3.8) is 0 Å². The molecule has 1 rings (SSSR count). The van der Waals surface area contributed by atoms with Crippen LogP contribution in [0, 0.1) is 5.92 Å². The number of hydrogen-bond donors (Lipinski definition) is 0. The van der Waals surface area contributed by atoms with Crippen molar-refractivity contribution in [3.8, 4) is 0 Å². The fraction of sp³-hybridized carbons (Fsp3) is 0.545. The van der Waals surface area contributed by atoms with E-state index in [1.807, 2.05) is 30.1 Å². The Bertz CT molecular complexity index is 254. The summed E-state index contributed by atoms with van der Waals surface area (Å²) in [5, 5.41) is 1.11. The van der Waals surface area contributed by atoms with Gasteiger partial charge in [-0.15, -0.1) is 0 Å². The molecule has 13 heavy (non-hydrogen) atoms. The Morgan fingerprint density at radius 2 is 2.00 bits per heavy atom. The molecule has 72 valence electrons. The predicted molar refractivity (Wildman–Crippen MR) is 59.0 cm³/mol. The van der Waals surface area contributed by atoms with Crippen LogP contribution in [0.3, 0.4) is 0 Å². The van der Waals surface area contributed by atoms with Crippen molar-refractivity contribution >= 4 is 11.8 Å². The van der Waals surface area contributed by atoms with Gasteiger partial charge in [-0.2, -0.15) is 0 Å². The zero-order valence-corrected chi connectivity index (χ0v) is 9.56.